The first kappa shape index (κ1) is 46.3. The Morgan fingerprint density at radius 1 is 0.242 bits per heavy atom. The van der Waals surface area contributed by atoms with Crippen molar-refractivity contribution in [2.45, 2.75) is 26.4 Å². The zero-order valence-corrected chi connectivity index (χ0v) is 36.1. The summed E-state index contributed by atoms with van der Waals surface area (Å²) < 4.78 is 56.9. The third-order valence-corrected chi connectivity index (χ3v) is 9.89. The quantitative estimate of drug-likeness (QED) is 0.106. The van der Waals surface area contributed by atoms with E-state index in [0.717, 1.165) is 22.3 Å². The van der Waals surface area contributed by atoms with Gasteiger partial charge in [0.15, 0.2) is 0 Å². The second kappa shape index (κ2) is 24.4. The van der Waals surface area contributed by atoms with Crippen LogP contribution in [0.3, 0.4) is 0 Å². The van der Waals surface area contributed by atoms with Crippen LogP contribution in [0.2, 0.25) is 0 Å². The lowest BCUT2D eigenvalue weighted by Gasteiger charge is -2.13. The number of carbonyl (C=O) groups excluding carboxylic acids is 4. The number of para-hydroxylation sites is 4. The topological polar surface area (TPSA) is 161 Å². The maximum absolute atomic E-state index is 13.0. The van der Waals surface area contributed by atoms with E-state index in [4.69, 9.17) is 47.4 Å². The van der Waals surface area contributed by atoms with Crippen LogP contribution in [0.5, 0.6) is 23.0 Å². The smallest absolute Gasteiger partial charge is 0.342 e. The van der Waals surface area contributed by atoms with Crippen LogP contribution < -0.4 is 18.9 Å². The molecule has 0 spiro atoms. The molecule has 340 valence electrons. The number of rotatable bonds is 0. The molecule has 6 aromatic rings. The number of carbonyl (C=O) groups is 4. The van der Waals surface area contributed by atoms with Crippen molar-refractivity contribution in [3.63, 3.8) is 0 Å². The van der Waals surface area contributed by atoms with Gasteiger partial charge in [0.1, 0.15) is 98.1 Å². The van der Waals surface area contributed by atoms with E-state index in [9.17, 15) is 19.2 Å². The summed E-state index contributed by atoms with van der Waals surface area (Å²) in [6.07, 6.45) is 0. The Balaban J connectivity index is 0.968. The van der Waals surface area contributed by atoms with Gasteiger partial charge in [0.25, 0.3) is 0 Å². The van der Waals surface area contributed by atoms with Gasteiger partial charge in [-0.1, -0.05) is 97.1 Å². The highest BCUT2D eigenvalue weighted by atomic mass is 16.6. The average Bonchev–Trinajstić information content (AvgIpc) is 3.36. The average molecular weight is 897 g/mol. The minimum absolute atomic E-state index is 0.0274. The highest BCUT2D eigenvalue weighted by molar-refractivity contribution is 5.94. The molecule has 0 amide bonds. The number of benzene rings is 6. The predicted octanol–water partition coefficient (Wildman–Crippen LogP) is 8.38. The number of ether oxygens (including phenoxy) is 10. The molecule has 0 fully saturated rings. The summed E-state index contributed by atoms with van der Waals surface area (Å²) in [5.41, 5.74) is 4.45. The Morgan fingerprint density at radius 2 is 0.455 bits per heavy atom. The fourth-order valence-electron chi connectivity index (χ4n) is 6.44. The highest BCUT2D eigenvalue weighted by Gasteiger charge is 2.18. The molecule has 0 radical (unpaired) electrons. The molecule has 4 bridgehead atoms. The van der Waals surface area contributed by atoms with Gasteiger partial charge in [-0.15, -0.1) is 0 Å². The van der Waals surface area contributed by atoms with Crippen molar-refractivity contribution in [3.8, 4) is 23.0 Å². The minimum Gasteiger partial charge on any atom is -0.488 e. The molecule has 14 nitrogen and oxygen atoms in total. The largest absolute Gasteiger partial charge is 0.488 e. The van der Waals surface area contributed by atoms with Gasteiger partial charge in [0.2, 0.25) is 0 Å². The van der Waals surface area contributed by atoms with Crippen molar-refractivity contribution in [1.82, 2.24) is 0 Å². The van der Waals surface area contributed by atoms with Crippen LogP contribution in [0.4, 0.5) is 0 Å². The first-order chi connectivity index (χ1) is 32.4. The second-order valence-corrected chi connectivity index (χ2v) is 14.5. The van der Waals surface area contributed by atoms with Crippen molar-refractivity contribution in [2.24, 2.45) is 0 Å². The van der Waals surface area contributed by atoms with Crippen LogP contribution in [0, 0.1) is 0 Å². The van der Waals surface area contributed by atoms with Gasteiger partial charge in [-0.25, -0.2) is 19.2 Å². The van der Waals surface area contributed by atoms with E-state index in [1.165, 1.54) is 0 Å². The standard InChI is InChI=1S/C52H48O14/c53-49-41-9-1-5-13-45(41)63-33-37-17-19-38(20-18-37)34-64-46-14-6-3-11-43(46)51(55)61-31-27-58-28-32-62-52(56)44-12-4-8-16-48(44)66-36-40-23-21-39(22-24-40)35-65-47-15-7-2-10-42(47)50(54)60-30-26-57-25-29-59-49/h1-24H,25-36H2. The Labute approximate surface area is 381 Å². The van der Waals surface area contributed by atoms with E-state index >= 15 is 0 Å². The van der Waals surface area contributed by atoms with E-state index in [0.29, 0.717) is 23.0 Å². The molecule has 0 unspecified atom stereocenters. The molecule has 0 aromatic heterocycles. The van der Waals surface area contributed by atoms with Gasteiger partial charge in [-0.2, -0.15) is 0 Å². The highest BCUT2D eigenvalue weighted by Crippen LogP contribution is 2.25. The molecule has 66 heavy (non-hydrogen) atoms. The molecular weight excluding hydrogens is 849 g/mol. The molecule has 6 aromatic carbocycles. The zero-order chi connectivity index (χ0) is 45.8. The van der Waals surface area contributed by atoms with Crippen molar-refractivity contribution in [3.05, 3.63) is 190 Å². The molecule has 0 saturated carbocycles. The number of hydrogen-bond donors (Lipinski definition) is 0. The molecule has 4 aliphatic rings. The van der Waals surface area contributed by atoms with Gasteiger partial charge in [-0.05, 0) is 70.8 Å². The Bertz CT molecular complexity index is 2190. The van der Waals surface area contributed by atoms with E-state index in [1.807, 2.05) is 48.5 Å². The summed E-state index contributed by atoms with van der Waals surface area (Å²) in [5.74, 6) is -0.849. The summed E-state index contributed by atoms with van der Waals surface area (Å²) in [5, 5.41) is 0. The van der Waals surface area contributed by atoms with Gasteiger partial charge in [-0.3, -0.25) is 0 Å². The van der Waals surface area contributed by atoms with Gasteiger partial charge in [0, 0.05) is 0 Å². The lowest BCUT2D eigenvalue weighted by molar-refractivity contribution is 0.0138. The molecule has 10 rings (SSSR count). The normalized spacial score (nSPS) is 15.5. The molecule has 14 heteroatoms. The monoisotopic (exact) mass is 896 g/mol. The van der Waals surface area contributed by atoms with Crippen LogP contribution in [0.25, 0.3) is 0 Å². The van der Waals surface area contributed by atoms with Crippen molar-refractivity contribution in [2.75, 3.05) is 52.9 Å². The third kappa shape index (κ3) is 13.7. The summed E-state index contributed by atoms with van der Waals surface area (Å²) in [6, 6.07) is 42.2. The maximum atomic E-state index is 13.0. The maximum Gasteiger partial charge on any atom is 0.342 e. The molecule has 0 N–H and O–H groups in total. The molecular formula is C52H48O14. The van der Waals surface area contributed by atoms with Crippen LogP contribution >= 0.6 is 0 Å². The van der Waals surface area contributed by atoms with E-state index in [1.54, 1.807) is 97.1 Å². The Morgan fingerprint density at radius 3 is 0.682 bits per heavy atom. The van der Waals surface area contributed by atoms with Gasteiger partial charge in [0.05, 0.1) is 26.4 Å². The fourth-order valence-corrected chi connectivity index (χ4v) is 6.44. The molecule has 4 heterocycles. The lowest BCUT2D eigenvalue weighted by atomic mass is 10.1. The van der Waals surface area contributed by atoms with E-state index in [2.05, 4.69) is 0 Å². The van der Waals surface area contributed by atoms with E-state index in [-0.39, 0.29) is 102 Å². The zero-order valence-electron chi connectivity index (χ0n) is 36.1. The summed E-state index contributed by atoms with van der Waals surface area (Å²) >= 11 is 0. The number of hydrogen-bond acceptors (Lipinski definition) is 14. The molecule has 4 aliphatic heterocycles. The van der Waals surface area contributed by atoms with E-state index < -0.39 is 23.9 Å². The van der Waals surface area contributed by atoms with Crippen LogP contribution in [0.1, 0.15) is 63.7 Å². The summed E-state index contributed by atoms with van der Waals surface area (Å²) in [6.45, 7) is 0.966. The molecule has 0 saturated heterocycles. The first-order valence-electron chi connectivity index (χ1n) is 21.3. The van der Waals surface area contributed by atoms with Crippen LogP contribution in [-0.2, 0) is 54.8 Å². The third-order valence-electron chi connectivity index (χ3n) is 9.89. The Kier molecular flexibility index (Phi) is 17.1. The van der Waals surface area contributed by atoms with Gasteiger partial charge < -0.3 is 47.4 Å². The minimum atomic E-state index is -0.571. The second-order valence-electron chi connectivity index (χ2n) is 14.5. The van der Waals surface area contributed by atoms with Crippen molar-refractivity contribution < 1.29 is 66.5 Å². The molecule has 0 atom stereocenters. The first-order valence-corrected chi connectivity index (χ1v) is 21.3. The van der Waals surface area contributed by atoms with Crippen LogP contribution in [-0.4, -0.2) is 76.7 Å². The number of esters is 4. The fraction of sp³-hybridized carbons (Fsp3) is 0.231. The predicted molar refractivity (Wildman–Crippen MR) is 239 cm³/mol. The van der Waals surface area contributed by atoms with Gasteiger partial charge >= 0.3 is 23.9 Å². The van der Waals surface area contributed by atoms with Crippen molar-refractivity contribution in [1.29, 1.82) is 0 Å². The summed E-state index contributed by atoms with van der Waals surface area (Å²) in [4.78, 5) is 51.9. The molecule has 0 aliphatic carbocycles. The van der Waals surface area contributed by atoms with Crippen molar-refractivity contribution >= 4 is 23.9 Å². The summed E-state index contributed by atoms with van der Waals surface area (Å²) in [7, 11) is 0. The Hall–Kier alpha value is -7.68. The SMILES string of the molecule is O=C1OCCOCCOC(=O)c2ccccc2OCc2ccc(cc2)COc2ccccc2C(=O)OCCOCCOC(=O)c2ccccc2OCc2ccc(cc2)COc2ccccc21. The van der Waals surface area contributed by atoms with Crippen LogP contribution in [0.15, 0.2) is 146 Å². The lowest BCUT2D eigenvalue weighted by Crippen LogP contribution is -2.16.